The van der Waals surface area contributed by atoms with Gasteiger partial charge in [-0.15, -0.1) is 0 Å². The van der Waals surface area contributed by atoms with Gasteiger partial charge in [-0.3, -0.25) is 14.3 Å². The monoisotopic (exact) mass is 186 g/mol. The molecule has 70 valence electrons. The first kappa shape index (κ1) is 8.69. The van der Waals surface area contributed by atoms with Crippen LogP contribution in [0.15, 0.2) is 47.5 Å². The van der Waals surface area contributed by atoms with Crippen molar-refractivity contribution >= 4 is 0 Å². The first-order valence-electron chi connectivity index (χ1n) is 4.38. The van der Waals surface area contributed by atoms with E-state index >= 15 is 0 Å². The van der Waals surface area contributed by atoms with E-state index in [9.17, 15) is 4.79 Å². The smallest absolute Gasteiger partial charge is 0.255 e. The van der Waals surface area contributed by atoms with E-state index in [4.69, 9.17) is 0 Å². The minimum atomic E-state index is -0.0174. The Morgan fingerprint density at radius 1 is 1.14 bits per heavy atom. The molecular weight excluding hydrogens is 176 g/mol. The van der Waals surface area contributed by atoms with Gasteiger partial charge in [-0.1, -0.05) is 6.07 Å². The summed E-state index contributed by atoms with van der Waals surface area (Å²) in [7, 11) is 0. The maximum Gasteiger partial charge on any atom is 0.255 e. The maximum atomic E-state index is 11.6. The highest BCUT2D eigenvalue weighted by molar-refractivity contribution is 5.31. The Bertz CT molecular complexity index is 488. The second-order valence-electron chi connectivity index (χ2n) is 3.05. The predicted octanol–water partition coefficient (Wildman–Crippen LogP) is 1.54. The maximum absolute atomic E-state index is 11.6. The lowest BCUT2D eigenvalue weighted by Crippen LogP contribution is -2.18. The fraction of sp³-hybridized carbons (Fsp3) is 0.0909. The average Bonchev–Trinajstić information content (AvgIpc) is 2.19. The zero-order valence-electron chi connectivity index (χ0n) is 7.84. The molecule has 0 spiro atoms. The number of rotatable bonds is 1. The Morgan fingerprint density at radius 3 is 2.50 bits per heavy atom. The molecule has 0 saturated carbocycles. The Morgan fingerprint density at radius 2 is 1.86 bits per heavy atom. The minimum Gasteiger partial charge on any atom is -0.281 e. The lowest BCUT2D eigenvalue weighted by Gasteiger charge is -2.07. The van der Waals surface area contributed by atoms with E-state index < -0.39 is 0 Å². The fourth-order valence-electron chi connectivity index (χ4n) is 1.42. The summed E-state index contributed by atoms with van der Waals surface area (Å²) in [6.07, 6.45) is 3.35. The second-order valence-corrected chi connectivity index (χ2v) is 3.05. The van der Waals surface area contributed by atoms with Crippen molar-refractivity contribution in [3.8, 4) is 5.69 Å². The number of hydrogen-bond acceptors (Lipinski definition) is 2. The van der Waals surface area contributed by atoms with Crippen molar-refractivity contribution in [1.29, 1.82) is 0 Å². The van der Waals surface area contributed by atoms with Gasteiger partial charge in [-0.25, -0.2) is 0 Å². The van der Waals surface area contributed by atoms with Crippen LogP contribution in [0.3, 0.4) is 0 Å². The molecule has 2 aromatic rings. The number of nitrogens with zero attached hydrogens (tertiary/aromatic N) is 2. The lowest BCUT2D eigenvalue weighted by molar-refractivity contribution is 0.931. The molecule has 0 amide bonds. The van der Waals surface area contributed by atoms with E-state index in [1.165, 1.54) is 0 Å². The highest BCUT2D eigenvalue weighted by Crippen LogP contribution is 2.05. The van der Waals surface area contributed by atoms with E-state index in [0.29, 0.717) is 0 Å². The number of pyridine rings is 2. The van der Waals surface area contributed by atoms with Gasteiger partial charge in [0.25, 0.3) is 5.56 Å². The molecule has 14 heavy (non-hydrogen) atoms. The van der Waals surface area contributed by atoms with Crippen molar-refractivity contribution in [1.82, 2.24) is 9.55 Å². The zero-order chi connectivity index (χ0) is 9.97. The van der Waals surface area contributed by atoms with Crippen LogP contribution in [0.2, 0.25) is 0 Å². The van der Waals surface area contributed by atoms with E-state index in [-0.39, 0.29) is 5.56 Å². The topological polar surface area (TPSA) is 34.9 Å². The van der Waals surface area contributed by atoms with Crippen LogP contribution in [0.5, 0.6) is 0 Å². The molecule has 0 aliphatic heterocycles. The molecule has 0 saturated heterocycles. The third-order valence-electron chi connectivity index (χ3n) is 2.07. The molecule has 0 fully saturated rings. The summed E-state index contributed by atoms with van der Waals surface area (Å²) in [4.78, 5) is 15.5. The van der Waals surface area contributed by atoms with Gasteiger partial charge in [0.1, 0.15) is 0 Å². The van der Waals surface area contributed by atoms with Gasteiger partial charge >= 0.3 is 0 Å². The molecule has 0 aliphatic carbocycles. The van der Waals surface area contributed by atoms with Crippen molar-refractivity contribution in [2.45, 2.75) is 6.92 Å². The van der Waals surface area contributed by atoms with Gasteiger partial charge < -0.3 is 0 Å². The highest BCUT2D eigenvalue weighted by Gasteiger charge is 2.00. The van der Waals surface area contributed by atoms with Crippen LogP contribution >= 0.6 is 0 Å². The van der Waals surface area contributed by atoms with Crippen LogP contribution in [0.25, 0.3) is 5.69 Å². The van der Waals surface area contributed by atoms with Crippen LogP contribution < -0.4 is 5.56 Å². The van der Waals surface area contributed by atoms with Crippen LogP contribution in [-0.2, 0) is 0 Å². The molecule has 0 aromatic carbocycles. The Kier molecular flexibility index (Phi) is 2.14. The van der Waals surface area contributed by atoms with Gasteiger partial charge in [-0.2, -0.15) is 0 Å². The number of hydrogen-bond donors (Lipinski definition) is 0. The Balaban J connectivity index is 2.69. The molecule has 0 bridgehead atoms. The first-order chi connectivity index (χ1) is 6.79. The molecule has 0 unspecified atom stereocenters. The highest BCUT2D eigenvalue weighted by atomic mass is 16.1. The van der Waals surface area contributed by atoms with Crippen LogP contribution in [0, 0.1) is 6.92 Å². The third-order valence-corrected chi connectivity index (χ3v) is 2.07. The van der Waals surface area contributed by atoms with Crippen molar-refractivity contribution in [3.05, 3.63) is 58.8 Å². The van der Waals surface area contributed by atoms with Crippen LogP contribution in [0.1, 0.15) is 5.69 Å². The Hall–Kier alpha value is -1.90. The van der Waals surface area contributed by atoms with Gasteiger partial charge in [0.05, 0.1) is 5.69 Å². The predicted molar refractivity (Wildman–Crippen MR) is 54.6 cm³/mol. The first-order valence-corrected chi connectivity index (χ1v) is 4.38. The fourth-order valence-corrected chi connectivity index (χ4v) is 1.42. The molecule has 0 aliphatic rings. The van der Waals surface area contributed by atoms with Crippen molar-refractivity contribution in [2.75, 3.05) is 0 Å². The van der Waals surface area contributed by atoms with Crippen molar-refractivity contribution < 1.29 is 0 Å². The van der Waals surface area contributed by atoms with Crippen molar-refractivity contribution in [3.63, 3.8) is 0 Å². The lowest BCUT2D eigenvalue weighted by atomic mass is 10.3. The summed E-state index contributed by atoms with van der Waals surface area (Å²) in [6.45, 7) is 1.90. The second kappa shape index (κ2) is 3.46. The molecule has 0 radical (unpaired) electrons. The molecule has 2 rings (SSSR count). The molecular formula is C11H10N2O. The molecule has 0 N–H and O–H groups in total. The quantitative estimate of drug-likeness (QED) is 0.677. The van der Waals surface area contributed by atoms with Gasteiger partial charge in [0.15, 0.2) is 0 Å². The summed E-state index contributed by atoms with van der Waals surface area (Å²) in [5.41, 5.74) is 1.75. The van der Waals surface area contributed by atoms with Crippen LogP contribution in [-0.4, -0.2) is 9.55 Å². The molecule has 2 heterocycles. The summed E-state index contributed by atoms with van der Waals surface area (Å²) in [5, 5.41) is 0. The molecule has 0 atom stereocenters. The van der Waals surface area contributed by atoms with Crippen molar-refractivity contribution in [2.24, 2.45) is 0 Å². The largest absolute Gasteiger partial charge is 0.281 e. The van der Waals surface area contributed by atoms with E-state index in [0.717, 1.165) is 11.4 Å². The number of aromatic nitrogens is 2. The normalized spacial score (nSPS) is 10.1. The van der Waals surface area contributed by atoms with Gasteiger partial charge in [0.2, 0.25) is 0 Å². The number of aryl methyl sites for hydroxylation is 1. The van der Waals surface area contributed by atoms with E-state index in [1.807, 2.05) is 25.1 Å². The zero-order valence-corrected chi connectivity index (χ0v) is 7.84. The molecule has 3 nitrogen and oxygen atoms in total. The Labute approximate surface area is 81.7 Å². The van der Waals surface area contributed by atoms with E-state index in [1.54, 1.807) is 29.1 Å². The summed E-state index contributed by atoms with van der Waals surface area (Å²) >= 11 is 0. The van der Waals surface area contributed by atoms with Crippen LogP contribution in [0.4, 0.5) is 0 Å². The molecule has 3 heteroatoms. The van der Waals surface area contributed by atoms with Gasteiger partial charge in [-0.05, 0) is 25.1 Å². The summed E-state index contributed by atoms with van der Waals surface area (Å²) < 4.78 is 1.65. The van der Waals surface area contributed by atoms with E-state index in [2.05, 4.69) is 4.98 Å². The standard InChI is InChI=1S/C11H10N2O/c1-9-3-2-4-11(14)13(9)10-5-7-12-8-6-10/h2-8H,1H3. The average molecular weight is 186 g/mol. The third kappa shape index (κ3) is 1.44. The summed E-state index contributed by atoms with van der Waals surface area (Å²) in [5.74, 6) is 0. The SMILES string of the molecule is Cc1cccc(=O)n1-c1ccncc1. The molecule has 2 aromatic heterocycles. The summed E-state index contributed by atoms with van der Waals surface area (Å²) in [6, 6.07) is 8.84. The minimum absolute atomic E-state index is 0.0174. The van der Waals surface area contributed by atoms with Gasteiger partial charge in [0, 0.05) is 24.2 Å².